The Hall–Kier alpha value is -2.71. The topological polar surface area (TPSA) is 92.8 Å². The van der Waals surface area contributed by atoms with Crippen LogP contribution in [0.15, 0.2) is 59.5 Å². The Morgan fingerprint density at radius 3 is 2.19 bits per heavy atom. The average molecular weight is 445 g/mol. The van der Waals surface area contributed by atoms with Gasteiger partial charge in [-0.05, 0) is 56.5 Å². The first kappa shape index (κ1) is 23.0. The predicted octanol–water partition coefficient (Wildman–Crippen LogP) is 3.32. The molecule has 0 atom stereocenters. The molecular weight excluding hydrogens is 416 g/mol. The summed E-state index contributed by atoms with van der Waals surface area (Å²) in [5.41, 5.74) is 0.346. The molecule has 1 saturated heterocycles. The summed E-state index contributed by atoms with van der Waals surface area (Å²) in [5.74, 6) is -0.999. The maximum Gasteiger partial charge on any atom is 0.316 e. The van der Waals surface area contributed by atoms with Crippen LogP contribution < -0.4 is 5.32 Å². The summed E-state index contributed by atoms with van der Waals surface area (Å²) in [4.78, 5) is 24.8. The monoisotopic (exact) mass is 444 g/mol. The molecular formula is C23H28N2O5S. The number of sulfonamides is 1. The zero-order chi connectivity index (χ0) is 22.5. The zero-order valence-corrected chi connectivity index (χ0v) is 18.7. The highest BCUT2D eigenvalue weighted by Gasteiger charge is 2.32. The van der Waals surface area contributed by atoms with Crippen molar-refractivity contribution >= 4 is 27.6 Å². The van der Waals surface area contributed by atoms with Crippen LogP contribution in [-0.2, 0) is 29.8 Å². The number of carbonyl (C=O) groups is 2. The van der Waals surface area contributed by atoms with Crippen molar-refractivity contribution < 1.29 is 22.7 Å². The number of nitrogens with zero attached hydrogens (tertiary/aromatic N) is 1. The molecule has 3 rings (SSSR count). The fourth-order valence-corrected chi connectivity index (χ4v) is 4.96. The van der Waals surface area contributed by atoms with Gasteiger partial charge in [-0.3, -0.25) is 9.59 Å². The van der Waals surface area contributed by atoms with Crippen LogP contribution in [0.25, 0.3) is 0 Å². The number of esters is 1. The van der Waals surface area contributed by atoms with Gasteiger partial charge < -0.3 is 10.1 Å². The molecule has 1 heterocycles. The molecule has 8 heteroatoms. The highest BCUT2D eigenvalue weighted by atomic mass is 32.2. The van der Waals surface area contributed by atoms with E-state index in [0.29, 0.717) is 18.8 Å². The summed E-state index contributed by atoms with van der Waals surface area (Å²) in [6.45, 7) is 4.12. The number of amides is 1. The SMILES string of the molecule is CC(C)(C(=O)OCC(=O)Nc1ccc(S(=O)(=O)N2CCCCC2)cc1)c1ccccc1. The van der Waals surface area contributed by atoms with Crippen molar-refractivity contribution in [2.45, 2.75) is 43.4 Å². The van der Waals surface area contributed by atoms with Gasteiger partial charge >= 0.3 is 5.97 Å². The lowest BCUT2D eigenvalue weighted by molar-refractivity contribution is -0.152. The highest BCUT2D eigenvalue weighted by molar-refractivity contribution is 7.89. The molecule has 0 radical (unpaired) electrons. The Bertz CT molecular complexity index is 1010. The van der Waals surface area contributed by atoms with Crippen molar-refractivity contribution in [1.82, 2.24) is 4.31 Å². The van der Waals surface area contributed by atoms with Gasteiger partial charge in [-0.2, -0.15) is 4.31 Å². The first-order chi connectivity index (χ1) is 14.7. The summed E-state index contributed by atoms with van der Waals surface area (Å²) in [6.07, 6.45) is 2.78. The Morgan fingerprint density at radius 1 is 0.968 bits per heavy atom. The second-order valence-electron chi connectivity index (χ2n) is 8.10. The van der Waals surface area contributed by atoms with E-state index in [2.05, 4.69) is 5.32 Å². The van der Waals surface area contributed by atoms with Gasteiger partial charge in [0, 0.05) is 18.8 Å². The van der Waals surface area contributed by atoms with E-state index in [0.717, 1.165) is 24.8 Å². The molecule has 1 fully saturated rings. The van der Waals surface area contributed by atoms with Crippen molar-refractivity contribution in [3.8, 4) is 0 Å². The van der Waals surface area contributed by atoms with E-state index in [1.807, 2.05) is 30.3 Å². The maximum absolute atomic E-state index is 12.7. The molecule has 0 spiro atoms. The van der Waals surface area contributed by atoms with Crippen LogP contribution >= 0.6 is 0 Å². The lowest BCUT2D eigenvalue weighted by atomic mass is 9.85. The summed E-state index contributed by atoms with van der Waals surface area (Å²) >= 11 is 0. The lowest BCUT2D eigenvalue weighted by Gasteiger charge is -2.25. The summed E-state index contributed by atoms with van der Waals surface area (Å²) < 4.78 is 32.1. The average Bonchev–Trinajstić information content (AvgIpc) is 2.79. The Labute approximate surface area is 183 Å². The fraction of sp³-hybridized carbons (Fsp3) is 0.391. The van der Waals surface area contributed by atoms with Gasteiger partial charge in [0.15, 0.2) is 6.61 Å². The third-order valence-corrected chi connectivity index (χ3v) is 7.34. The Morgan fingerprint density at radius 2 is 1.58 bits per heavy atom. The Balaban J connectivity index is 1.55. The van der Waals surface area contributed by atoms with Crippen molar-refractivity contribution in [3.05, 3.63) is 60.2 Å². The minimum atomic E-state index is -3.52. The number of piperidine rings is 1. The summed E-state index contributed by atoms with van der Waals surface area (Å²) in [6, 6.07) is 15.2. The van der Waals surface area contributed by atoms with Gasteiger partial charge in [0.2, 0.25) is 10.0 Å². The highest BCUT2D eigenvalue weighted by Crippen LogP contribution is 2.25. The summed E-state index contributed by atoms with van der Waals surface area (Å²) in [7, 11) is -3.52. The number of hydrogen-bond donors (Lipinski definition) is 1. The number of carbonyl (C=O) groups excluding carboxylic acids is 2. The minimum Gasteiger partial charge on any atom is -0.455 e. The van der Waals surface area contributed by atoms with Crippen molar-refractivity contribution in [3.63, 3.8) is 0 Å². The zero-order valence-electron chi connectivity index (χ0n) is 17.8. The number of nitrogens with one attached hydrogen (secondary N) is 1. The molecule has 0 aromatic heterocycles. The molecule has 2 aromatic carbocycles. The minimum absolute atomic E-state index is 0.198. The molecule has 1 aliphatic heterocycles. The molecule has 31 heavy (non-hydrogen) atoms. The first-order valence-corrected chi connectivity index (χ1v) is 11.8. The van der Waals surface area contributed by atoms with Gasteiger partial charge in [-0.1, -0.05) is 36.8 Å². The van der Waals surface area contributed by atoms with E-state index in [4.69, 9.17) is 4.74 Å². The number of ether oxygens (including phenoxy) is 1. The smallest absolute Gasteiger partial charge is 0.316 e. The van der Waals surface area contributed by atoms with Crippen LogP contribution in [0.5, 0.6) is 0 Å². The molecule has 1 N–H and O–H groups in total. The molecule has 0 saturated carbocycles. The van der Waals surface area contributed by atoms with Gasteiger partial charge in [0.05, 0.1) is 10.3 Å². The predicted molar refractivity (Wildman–Crippen MR) is 118 cm³/mol. The van der Waals surface area contributed by atoms with E-state index >= 15 is 0 Å². The third kappa shape index (κ3) is 5.51. The van der Waals surface area contributed by atoms with Gasteiger partial charge in [0.1, 0.15) is 0 Å². The van der Waals surface area contributed by atoms with Gasteiger partial charge in [-0.15, -0.1) is 0 Å². The Kier molecular flexibility index (Phi) is 7.12. The number of benzene rings is 2. The van der Waals surface area contributed by atoms with Crippen LogP contribution in [-0.4, -0.2) is 44.3 Å². The van der Waals surface area contributed by atoms with Crippen LogP contribution in [0.1, 0.15) is 38.7 Å². The molecule has 1 amide bonds. The third-order valence-electron chi connectivity index (χ3n) is 5.43. The molecule has 7 nitrogen and oxygen atoms in total. The lowest BCUT2D eigenvalue weighted by Crippen LogP contribution is -2.35. The van der Waals surface area contributed by atoms with Crippen LogP contribution in [0.2, 0.25) is 0 Å². The molecule has 166 valence electrons. The second kappa shape index (κ2) is 9.62. The van der Waals surface area contributed by atoms with Crippen LogP contribution in [0, 0.1) is 0 Å². The quantitative estimate of drug-likeness (QED) is 0.662. The van der Waals surface area contributed by atoms with Crippen molar-refractivity contribution in [2.24, 2.45) is 0 Å². The second-order valence-corrected chi connectivity index (χ2v) is 10.0. The van der Waals surface area contributed by atoms with E-state index in [-0.39, 0.29) is 4.90 Å². The summed E-state index contributed by atoms with van der Waals surface area (Å²) in [5, 5.41) is 2.62. The van der Waals surface area contributed by atoms with Crippen LogP contribution in [0.4, 0.5) is 5.69 Å². The molecule has 1 aliphatic rings. The normalized spacial score (nSPS) is 15.3. The van der Waals surface area contributed by atoms with Crippen molar-refractivity contribution in [2.75, 3.05) is 25.0 Å². The molecule has 0 aliphatic carbocycles. The van der Waals surface area contributed by atoms with E-state index < -0.39 is 33.9 Å². The standard InChI is InChI=1S/C23H28N2O5S/c1-23(2,18-9-5-3-6-10-18)22(27)30-17-21(26)24-19-11-13-20(14-12-19)31(28,29)25-15-7-4-8-16-25/h3,5-6,9-14H,4,7-8,15-17H2,1-2H3,(H,24,26). The van der Waals surface area contributed by atoms with Crippen molar-refractivity contribution in [1.29, 1.82) is 0 Å². The molecule has 0 unspecified atom stereocenters. The largest absolute Gasteiger partial charge is 0.455 e. The van der Waals surface area contributed by atoms with E-state index in [1.165, 1.54) is 28.6 Å². The van der Waals surface area contributed by atoms with Crippen LogP contribution in [0.3, 0.4) is 0 Å². The molecule has 2 aromatic rings. The fourth-order valence-electron chi connectivity index (χ4n) is 3.45. The number of anilines is 1. The van der Waals surface area contributed by atoms with E-state index in [1.54, 1.807) is 13.8 Å². The number of rotatable bonds is 7. The number of hydrogen-bond acceptors (Lipinski definition) is 5. The maximum atomic E-state index is 12.7. The van der Waals surface area contributed by atoms with Gasteiger partial charge in [-0.25, -0.2) is 8.42 Å². The van der Waals surface area contributed by atoms with E-state index in [9.17, 15) is 18.0 Å². The molecule has 0 bridgehead atoms. The first-order valence-electron chi connectivity index (χ1n) is 10.3. The van der Waals surface area contributed by atoms with Gasteiger partial charge in [0.25, 0.3) is 5.91 Å².